The maximum atomic E-state index is 12.3. The number of hydrogen-bond acceptors (Lipinski definition) is 3. The number of nitrogens with zero attached hydrogens (tertiary/aromatic N) is 2. The molecule has 0 bridgehead atoms. The summed E-state index contributed by atoms with van der Waals surface area (Å²) in [5.41, 5.74) is -0.409. The van der Waals surface area contributed by atoms with Gasteiger partial charge in [-0.2, -0.15) is 13.2 Å². The van der Waals surface area contributed by atoms with E-state index in [0.717, 1.165) is 0 Å². The van der Waals surface area contributed by atoms with Crippen LogP contribution in [0.15, 0.2) is 36.7 Å². The lowest BCUT2D eigenvalue weighted by Crippen LogP contribution is -2.06. The molecule has 1 aromatic carbocycles. The summed E-state index contributed by atoms with van der Waals surface area (Å²) in [6, 6.07) is 5.54. The van der Waals surface area contributed by atoms with Gasteiger partial charge in [-0.1, -0.05) is 12.1 Å². The Bertz CT molecular complexity index is 592. The van der Waals surface area contributed by atoms with E-state index in [9.17, 15) is 18.0 Å². The lowest BCUT2D eigenvalue weighted by atomic mass is 10.1. The summed E-state index contributed by atoms with van der Waals surface area (Å²) in [4.78, 5) is 17.9. The molecule has 1 aromatic heterocycles. The fourth-order valence-electron chi connectivity index (χ4n) is 1.39. The van der Waals surface area contributed by atoms with Crippen molar-refractivity contribution in [2.45, 2.75) is 6.18 Å². The number of aromatic nitrogens is 2. The first-order valence-corrected chi connectivity index (χ1v) is 5.11. The van der Waals surface area contributed by atoms with Gasteiger partial charge in [0.1, 0.15) is 0 Å². The van der Waals surface area contributed by atoms with Crippen molar-refractivity contribution in [1.82, 2.24) is 9.97 Å². The molecule has 4 nitrogen and oxygen atoms in total. The van der Waals surface area contributed by atoms with Gasteiger partial charge in [0.15, 0.2) is 5.82 Å². The van der Waals surface area contributed by atoms with Gasteiger partial charge < -0.3 is 5.11 Å². The molecule has 0 fully saturated rings. The number of rotatable bonds is 2. The number of alkyl halides is 3. The van der Waals surface area contributed by atoms with E-state index in [1.54, 1.807) is 0 Å². The Morgan fingerprint density at radius 2 is 1.58 bits per heavy atom. The van der Waals surface area contributed by atoms with Gasteiger partial charge >= 0.3 is 12.1 Å². The van der Waals surface area contributed by atoms with Gasteiger partial charge in [0.05, 0.1) is 11.1 Å². The van der Waals surface area contributed by atoms with Crippen LogP contribution in [0.3, 0.4) is 0 Å². The van der Waals surface area contributed by atoms with Gasteiger partial charge in [-0.05, 0) is 12.1 Å². The molecule has 2 aromatic rings. The molecule has 0 aliphatic heterocycles. The van der Waals surface area contributed by atoms with Crippen LogP contribution in [0.25, 0.3) is 11.4 Å². The van der Waals surface area contributed by atoms with E-state index < -0.39 is 17.7 Å². The highest BCUT2D eigenvalue weighted by molar-refractivity contribution is 5.88. The van der Waals surface area contributed by atoms with Crippen molar-refractivity contribution in [2.24, 2.45) is 0 Å². The molecular formula is C12H7F3N2O2. The first-order valence-electron chi connectivity index (χ1n) is 5.11. The van der Waals surface area contributed by atoms with E-state index in [1.165, 1.54) is 24.3 Å². The molecule has 0 radical (unpaired) electrons. The second-order valence-corrected chi connectivity index (χ2v) is 3.68. The third kappa shape index (κ3) is 2.87. The van der Waals surface area contributed by atoms with E-state index in [1.807, 2.05) is 0 Å². The number of aromatic carboxylic acids is 1. The summed E-state index contributed by atoms with van der Waals surface area (Å²) < 4.78 is 37.0. The van der Waals surface area contributed by atoms with E-state index in [0.29, 0.717) is 18.0 Å². The topological polar surface area (TPSA) is 63.1 Å². The molecule has 98 valence electrons. The van der Waals surface area contributed by atoms with Crippen LogP contribution in [-0.4, -0.2) is 21.0 Å². The minimum atomic E-state index is -4.48. The van der Waals surface area contributed by atoms with E-state index in [4.69, 9.17) is 5.11 Å². The monoisotopic (exact) mass is 268 g/mol. The molecule has 0 saturated carbocycles. The summed E-state index contributed by atoms with van der Waals surface area (Å²) in [7, 11) is 0. The van der Waals surface area contributed by atoms with Crippen molar-refractivity contribution in [2.75, 3.05) is 0 Å². The summed E-state index contributed by atoms with van der Waals surface area (Å²) >= 11 is 0. The van der Waals surface area contributed by atoms with Crippen LogP contribution in [0.5, 0.6) is 0 Å². The van der Waals surface area contributed by atoms with Crippen LogP contribution in [0.2, 0.25) is 0 Å². The smallest absolute Gasteiger partial charge is 0.419 e. The molecule has 1 heterocycles. The lowest BCUT2D eigenvalue weighted by molar-refractivity contribution is -0.138. The maximum absolute atomic E-state index is 12.3. The van der Waals surface area contributed by atoms with Gasteiger partial charge in [-0.25, -0.2) is 14.8 Å². The molecule has 0 saturated heterocycles. The molecule has 0 atom stereocenters. The highest BCUT2D eigenvalue weighted by atomic mass is 19.4. The predicted octanol–water partition coefficient (Wildman–Crippen LogP) is 2.86. The molecule has 2 rings (SSSR count). The van der Waals surface area contributed by atoms with E-state index in [2.05, 4.69) is 9.97 Å². The fraction of sp³-hybridized carbons (Fsp3) is 0.0833. The average molecular weight is 268 g/mol. The van der Waals surface area contributed by atoms with E-state index in [-0.39, 0.29) is 11.4 Å². The standard InChI is InChI=1S/C12H7F3N2O2/c13-12(14,15)9-5-16-10(17-6-9)7-1-3-8(4-2-7)11(18)19/h1-6H,(H,18,19). The summed E-state index contributed by atoms with van der Waals surface area (Å²) in [6.07, 6.45) is -3.10. The van der Waals surface area contributed by atoms with Crippen molar-refractivity contribution in [3.63, 3.8) is 0 Å². The van der Waals surface area contributed by atoms with Crippen LogP contribution >= 0.6 is 0 Å². The number of carboxylic acid groups (broad SMARTS) is 1. The molecule has 1 N–H and O–H groups in total. The molecule has 0 amide bonds. The molecule has 0 aliphatic carbocycles. The molecule has 0 aliphatic rings. The van der Waals surface area contributed by atoms with Crippen molar-refractivity contribution in [3.8, 4) is 11.4 Å². The van der Waals surface area contributed by atoms with Crippen LogP contribution in [0.4, 0.5) is 13.2 Å². The Morgan fingerprint density at radius 3 is 2.00 bits per heavy atom. The van der Waals surface area contributed by atoms with E-state index >= 15 is 0 Å². The van der Waals surface area contributed by atoms with Crippen LogP contribution in [0, 0.1) is 0 Å². The van der Waals surface area contributed by atoms with Crippen molar-refractivity contribution >= 4 is 5.97 Å². The molecular weight excluding hydrogens is 261 g/mol. The fourth-order valence-corrected chi connectivity index (χ4v) is 1.39. The number of carboxylic acids is 1. The molecule has 7 heteroatoms. The zero-order chi connectivity index (χ0) is 14.0. The number of hydrogen-bond donors (Lipinski definition) is 1. The Kier molecular flexibility index (Phi) is 3.20. The second kappa shape index (κ2) is 4.68. The van der Waals surface area contributed by atoms with Gasteiger partial charge in [0.25, 0.3) is 0 Å². The summed E-state index contributed by atoms with van der Waals surface area (Å²) in [5, 5.41) is 8.72. The minimum absolute atomic E-state index is 0.0793. The number of carbonyl (C=O) groups is 1. The second-order valence-electron chi connectivity index (χ2n) is 3.68. The normalized spacial score (nSPS) is 11.3. The first-order chi connectivity index (χ1) is 8.88. The zero-order valence-corrected chi connectivity index (χ0v) is 9.35. The lowest BCUT2D eigenvalue weighted by Gasteiger charge is -2.06. The number of benzene rings is 1. The summed E-state index contributed by atoms with van der Waals surface area (Å²) in [6.45, 7) is 0. The maximum Gasteiger partial charge on any atom is 0.419 e. The predicted molar refractivity (Wildman–Crippen MR) is 59.4 cm³/mol. The Hall–Kier alpha value is -2.44. The van der Waals surface area contributed by atoms with Crippen LogP contribution < -0.4 is 0 Å². The van der Waals surface area contributed by atoms with Crippen molar-refractivity contribution in [3.05, 3.63) is 47.8 Å². The number of halogens is 3. The summed E-state index contributed by atoms with van der Waals surface area (Å²) in [5.74, 6) is -0.982. The van der Waals surface area contributed by atoms with Crippen LogP contribution in [0.1, 0.15) is 15.9 Å². The largest absolute Gasteiger partial charge is 0.478 e. The average Bonchev–Trinajstić information content (AvgIpc) is 2.38. The van der Waals surface area contributed by atoms with Gasteiger partial charge in [-0.15, -0.1) is 0 Å². The first kappa shape index (κ1) is 13.0. The van der Waals surface area contributed by atoms with Gasteiger partial charge in [0, 0.05) is 18.0 Å². The Labute approximate surface area is 105 Å². The molecule has 19 heavy (non-hydrogen) atoms. The minimum Gasteiger partial charge on any atom is -0.478 e. The van der Waals surface area contributed by atoms with Gasteiger partial charge in [0.2, 0.25) is 0 Å². The van der Waals surface area contributed by atoms with Crippen molar-refractivity contribution in [1.29, 1.82) is 0 Å². The highest BCUT2D eigenvalue weighted by Crippen LogP contribution is 2.28. The SMILES string of the molecule is O=C(O)c1ccc(-c2ncc(C(F)(F)F)cn2)cc1. The third-order valence-electron chi connectivity index (χ3n) is 2.37. The quantitative estimate of drug-likeness (QED) is 0.909. The Morgan fingerprint density at radius 1 is 1.05 bits per heavy atom. The molecule has 0 spiro atoms. The molecule has 0 unspecified atom stereocenters. The van der Waals surface area contributed by atoms with Crippen LogP contribution in [-0.2, 0) is 6.18 Å². The van der Waals surface area contributed by atoms with Crippen molar-refractivity contribution < 1.29 is 23.1 Å². The van der Waals surface area contributed by atoms with Gasteiger partial charge in [-0.3, -0.25) is 0 Å². The zero-order valence-electron chi connectivity index (χ0n) is 9.35. The highest BCUT2D eigenvalue weighted by Gasteiger charge is 2.31. The third-order valence-corrected chi connectivity index (χ3v) is 2.37. The Balaban J connectivity index is 2.30.